The molecule has 0 spiro atoms. The maximum absolute atomic E-state index is 7.16. The van der Waals surface area contributed by atoms with Crippen LogP contribution in [0, 0.1) is 0 Å². The summed E-state index contributed by atoms with van der Waals surface area (Å²) in [6.07, 6.45) is 0. The van der Waals surface area contributed by atoms with Gasteiger partial charge in [0.1, 0.15) is 11.2 Å². The van der Waals surface area contributed by atoms with Gasteiger partial charge in [-0.25, -0.2) is 0 Å². The molecule has 0 fully saturated rings. The van der Waals surface area contributed by atoms with Crippen LogP contribution in [0.5, 0.6) is 0 Å². The van der Waals surface area contributed by atoms with Crippen LogP contribution in [0.4, 0.5) is 34.1 Å². The first-order valence-electron chi connectivity index (χ1n) is 25.8. The topological polar surface area (TPSA) is 37.7 Å². The molecule has 5 heterocycles. The number of aromatic nitrogens is 1. The van der Waals surface area contributed by atoms with Crippen LogP contribution in [0.2, 0.25) is 0 Å². The van der Waals surface area contributed by atoms with E-state index in [2.05, 4.69) is 255 Å². The van der Waals surface area contributed by atoms with Crippen molar-refractivity contribution < 1.29 is 8.83 Å². The highest BCUT2D eigenvalue weighted by Crippen LogP contribution is 2.50. The second-order valence-electron chi connectivity index (χ2n) is 24.7. The van der Waals surface area contributed by atoms with Crippen molar-refractivity contribution in [2.75, 3.05) is 9.80 Å². The fourth-order valence-electron chi connectivity index (χ4n) is 11.8. The molecule has 356 valence electrons. The molecule has 0 atom stereocenters. The molecular formula is C66H62BN3O2. The van der Waals surface area contributed by atoms with Gasteiger partial charge in [-0.2, -0.15) is 0 Å². The van der Waals surface area contributed by atoms with Crippen molar-refractivity contribution in [1.29, 1.82) is 0 Å². The first-order chi connectivity index (χ1) is 34.2. The summed E-state index contributed by atoms with van der Waals surface area (Å²) in [4.78, 5) is 4.99. The highest BCUT2D eigenvalue weighted by molar-refractivity contribution is 7.00. The number of anilines is 6. The lowest BCUT2D eigenvalue weighted by Crippen LogP contribution is -2.60. The van der Waals surface area contributed by atoms with Gasteiger partial charge < -0.3 is 18.6 Å². The van der Waals surface area contributed by atoms with Crippen molar-refractivity contribution in [3.63, 3.8) is 0 Å². The number of hydrogen-bond acceptors (Lipinski definition) is 4. The quantitative estimate of drug-likeness (QED) is 0.165. The molecule has 6 heteroatoms. The van der Waals surface area contributed by atoms with Crippen LogP contribution in [-0.2, 0) is 21.7 Å². The van der Waals surface area contributed by atoms with E-state index in [0.717, 1.165) is 83.8 Å². The molecule has 0 saturated heterocycles. The third-order valence-electron chi connectivity index (χ3n) is 15.8. The van der Waals surface area contributed by atoms with Gasteiger partial charge in [0.15, 0.2) is 5.58 Å². The summed E-state index contributed by atoms with van der Waals surface area (Å²) >= 11 is 0. The lowest BCUT2D eigenvalue weighted by atomic mass is 9.33. The van der Waals surface area contributed by atoms with Gasteiger partial charge in [0.2, 0.25) is 5.71 Å². The lowest BCUT2D eigenvalue weighted by Gasteiger charge is -2.42. The molecule has 72 heavy (non-hydrogen) atoms. The smallest absolute Gasteiger partial charge is 0.252 e. The number of para-hydroxylation sites is 3. The van der Waals surface area contributed by atoms with Gasteiger partial charge >= 0.3 is 0 Å². The van der Waals surface area contributed by atoms with E-state index < -0.39 is 0 Å². The minimum absolute atomic E-state index is 0.00179. The number of nitrogens with zero attached hydrogens (tertiary/aromatic N) is 3. The van der Waals surface area contributed by atoms with Crippen LogP contribution in [0.15, 0.2) is 167 Å². The van der Waals surface area contributed by atoms with Crippen molar-refractivity contribution in [2.24, 2.45) is 0 Å². The van der Waals surface area contributed by atoms with Crippen LogP contribution in [0.1, 0.15) is 105 Å². The van der Waals surface area contributed by atoms with Crippen LogP contribution in [0.3, 0.4) is 0 Å². The molecule has 0 radical (unpaired) electrons. The molecule has 2 aliphatic rings. The molecule has 11 aromatic rings. The van der Waals surface area contributed by atoms with Gasteiger partial charge in [0.25, 0.3) is 6.71 Å². The van der Waals surface area contributed by atoms with Gasteiger partial charge in [-0.05, 0) is 127 Å². The Morgan fingerprint density at radius 2 is 0.958 bits per heavy atom. The number of fused-ring (bicyclic) bond motifs is 12. The summed E-state index contributed by atoms with van der Waals surface area (Å²) in [6, 6.07) is 59.3. The fourth-order valence-corrected chi connectivity index (χ4v) is 11.8. The van der Waals surface area contributed by atoms with Crippen molar-refractivity contribution in [3.05, 3.63) is 180 Å². The molecule has 5 nitrogen and oxygen atoms in total. The molecule has 0 amide bonds. The Balaban J connectivity index is 1.21. The van der Waals surface area contributed by atoms with E-state index in [9.17, 15) is 0 Å². The highest BCUT2D eigenvalue weighted by Gasteiger charge is 2.45. The van der Waals surface area contributed by atoms with Gasteiger partial charge in [0, 0.05) is 50.0 Å². The SMILES string of the molecule is CC(C)(C)c1ccc(N(c2ccc(C(C)(C)C)cc2)c2cc3c4c(c2)-n2c5oc6ccccc6c5c5cc(C(C)(C)C)cc(c52)B4c2ccc(C(C)(C)C)cc2N3c2cccc3c2oc2ccccc23)cc1. The number of furan rings is 2. The zero-order valence-electron chi connectivity index (χ0n) is 43.7. The predicted molar refractivity (Wildman–Crippen MR) is 307 cm³/mol. The summed E-state index contributed by atoms with van der Waals surface area (Å²) in [6.45, 7) is 27.6. The molecule has 3 aromatic heterocycles. The normalized spacial score (nSPS) is 13.8. The minimum Gasteiger partial charge on any atom is -0.454 e. The molecular weight excluding hydrogens is 878 g/mol. The maximum atomic E-state index is 7.16. The summed E-state index contributed by atoms with van der Waals surface area (Å²) in [7, 11) is 0. The number of benzene rings is 8. The average Bonchev–Trinajstić information content (AvgIpc) is 4.01. The zero-order valence-corrected chi connectivity index (χ0v) is 43.7. The van der Waals surface area contributed by atoms with Gasteiger partial charge in [-0.15, -0.1) is 0 Å². The van der Waals surface area contributed by atoms with Crippen LogP contribution in [0.25, 0.3) is 60.6 Å². The Morgan fingerprint density at radius 1 is 0.403 bits per heavy atom. The van der Waals surface area contributed by atoms with Crippen molar-refractivity contribution in [1.82, 2.24) is 4.57 Å². The maximum Gasteiger partial charge on any atom is 0.252 e. The van der Waals surface area contributed by atoms with Crippen LogP contribution >= 0.6 is 0 Å². The highest BCUT2D eigenvalue weighted by atomic mass is 16.3. The van der Waals surface area contributed by atoms with E-state index in [0.29, 0.717) is 0 Å². The largest absolute Gasteiger partial charge is 0.454 e. The van der Waals surface area contributed by atoms with Crippen LogP contribution in [-0.4, -0.2) is 11.3 Å². The summed E-state index contributed by atoms with van der Waals surface area (Å²) in [5.74, 6) is 0. The number of hydrogen-bond donors (Lipinski definition) is 0. The molecule has 0 unspecified atom stereocenters. The predicted octanol–water partition coefficient (Wildman–Crippen LogP) is 16.7. The van der Waals surface area contributed by atoms with Gasteiger partial charge in [0.05, 0.1) is 22.3 Å². The second-order valence-corrected chi connectivity index (χ2v) is 24.7. The zero-order chi connectivity index (χ0) is 50.0. The van der Waals surface area contributed by atoms with Crippen molar-refractivity contribution >= 4 is 112 Å². The van der Waals surface area contributed by atoms with E-state index in [1.165, 1.54) is 49.5 Å². The summed E-state index contributed by atoms with van der Waals surface area (Å²) in [5, 5.41) is 5.72. The third kappa shape index (κ3) is 6.60. The third-order valence-corrected chi connectivity index (χ3v) is 15.8. The first kappa shape index (κ1) is 44.5. The second kappa shape index (κ2) is 15.1. The molecule has 0 bridgehead atoms. The van der Waals surface area contributed by atoms with Gasteiger partial charge in [-0.3, -0.25) is 4.57 Å². The molecule has 8 aromatic carbocycles. The van der Waals surface area contributed by atoms with E-state index in [4.69, 9.17) is 8.83 Å². The molecule has 0 N–H and O–H groups in total. The van der Waals surface area contributed by atoms with E-state index in [1.807, 2.05) is 0 Å². The Morgan fingerprint density at radius 3 is 1.58 bits per heavy atom. The van der Waals surface area contributed by atoms with Crippen molar-refractivity contribution in [2.45, 2.75) is 105 Å². The van der Waals surface area contributed by atoms with E-state index >= 15 is 0 Å². The van der Waals surface area contributed by atoms with E-state index in [1.54, 1.807) is 0 Å². The minimum atomic E-state index is -0.117. The Bertz CT molecular complexity index is 3970. The van der Waals surface area contributed by atoms with E-state index in [-0.39, 0.29) is 28.4 Å². The molecule has 2 aliphatic heterocycles. The number of rotatable bonds is 4. The summed E-state index contributed by atoms with van der Waals surface area (Å²) < 4.78 is 16.7. The standard InChI is InChI=1S/C66H62BN3O2/c1-63(2,3)39-24-29-43(30-25-39)68(44-31-26-40(27-32-44)64(4,5)6)45-37-54-59-55(38-45)70-60-49(58-48-19-14-16-23-57(48)72-62(58)70)34-42(66(10,11)12)35-51(60)67(59)50-33-28-41(65(7,8)9)36-53(50)69(54)52-21-17-20-47-46-18-13-15-22-56(46)71-61(47)52/h13-38H,1-12H3. The Labute approximate surface area is 423 Å². The van der Waals surface area contributed by atoms with Crippen molar-refractivity contribution in [3.8, 4) is 5.69 Å². The molecule has 13 rings (SSSR count). The Hall–Kier alpha value is -7.44. The monoisotopic (exact) mass is 939 g/mol. The molecule has 0 aliphatic carbocycles. The first-order valence-corrected chi connectivity index (χ1v) is 25.8. The molecule has 0 saturated carbocycles. The Kier molecular flexibility index (Phi) is 9.30. The lowest BCUT2D eigenvalue weighted by molar-refractivity contribution is 0.590. The average molecular weight is 940 g/mol. The van der Waals surface area contributed by atoms with Gasteiger partial charge in [-0.1, -0.05) is 174 Å². The fraction of sp³-hybridized carbons (Fsp3) is 0.242. The summed E-state index contributed by atoms with van der Waals surface area (Å²) in [5.41, 5.74) is 21.1. The van der Waals surface area contributed by atoms with Crippen LogP contribution < -0.4 is 26.2 Å².